The van der Waals surface area contributed by atoms with E-state index >= 15 is 0 Å². The Balaban J connectivity index is 2.10. The molecule has 0 saturated carbocycles. The molecule has 4 nitrogen and oxygen atoms in total. The first-order chi connectivity index (χ1) is 17.0. The summed E-state index contributed by atoms with van der Waals surface area (Å²) < 4.78 is 11.3. The minimum atomic E-state index is 0.00960. The van der Waals surface area contributed by atoms with Crippen LogP contribution in [0, 0.1) is 0 Å². The van der Waals surface area contributed by atoms with Gasteiger partial charge in [-0.3, -0.25) is 4.79 Å². The third-order valence-electron chi connectivity index (χ3n) is 6.23. The van der Waals surface area contributed by atoms with E-state index in [4.69, 9.17) is 9.47 Å². The minimum absolute atomic E-state index is 0.00960. The van der Waals surface area contributed by atoms with Crippen molar-refractivity contribution >= 4 is 16.9 Å². The molecule has 35 heavy (non-hydrogen) atoms. The van der Waals surface area contributed by atoms with E-state index in [2.05, 4.69) is 28.8 Å². The van der Waals surface area contributed by atoms with Crippen molar-refractivity contribution in [1.29, 1.82) is 0 Å². The largest absolute Gasteiger partial charge is 0.493 e. The number of allylic oxidation sites excluding steroid dienone is 2. The number of carbonyl (C=O) groups is 1. The van der Waals surface area contributed by atoms with Crippen molar-refractivity contribution in [3.8, 4) is 11.5 Å². The molecule has 4 rings (SSSR count). The lowest BCUT2D eigenvalue weighted by Crippen LogP contribution is -2.18. The molecule has 0 aliphatic carbocycles. The summed E-state index contributed by atoms with van der Waals surface area (Å²) in [6.07, 6.45) is 3.40. The molecular weight excluding hydrogens is 434 g/mol. The molecule has 0 fully saturated rings. The highest BCUT2D eigenvalue weighted by atomic mass is 16.5. The maximum Gasteiger partial charge on any atom is 0.162 e. The summed E-state index contributed by atoms with van der Waals surface area (Å²) in [5, 5.41) is 0. The number of hydrogen-bond acceptors (Lipinski definition) is 4. The highest BCUT2D eigenvalue weighted by Crippen LogP contribution is 2.36. The fourth-order valence-electron chi connectivity index (χ4n) is 4.38. The van der Waals surface area contributed by atoms with Gasteiger partial charge < -0.3 is 14.4 Å². The molecule has 0 atom stereocenters. The van der Waals surface area contributed by atoms with E-state index in [0.717, 1.165) is 40.8 Å². The molecule has 3 aromatic carbocycles. The fraction of sp³-hybridized carbons (Fsp3) is 0.226. The summed E-state index contributed by atoms with van der Waals surface area (Å²) in [7, 11) is 5.31. The predicted molar refractivity (Wildman–Crippen MR) is 142 cm³/mol. The summed E-state index contributed by atoms with van der Waals surface area (Å²) in [5.41, 5.74) is 10.5. The Bertz CT molecular complexity index is 1300. The van der Waals surface area contributed by atoms with Gasteiger partial charge in [0.05, 0.1) is 14.2 Å². The Labute approximate surface area is 207 Å². The number of ether oxygens (including phenoxy) is 2. The minimum Gasteiger partial charge on any atom is -0.493 e. The molecule has 1 aliphatic heterocycles. The van der Waals surface area contributed by atoms with Crippen molar-refractivity contribution in [2.75, 3.05) is 27.8 Å². The second-order valence-corrected chi connectivity index (χ2v) is 8.70. The van der Waals surface area contributed by atoms with E-state index in [1.54, 1.807) is 21.1 Å². The maximum absolute atomic E-state index is 12.9. The van der Waals surface area contributed by atoms with Gasteiger partial charge in [0.25, 0.3) is 0 Å². The SMILES string of the molecule is COc1cc2c(cc1OC)C(Cc1ccccc1)=C=C(c1ccccc1)/C(C(C)=O)=C\N(C)CC2. The quantitative estimate of drug-likeness (QED) is 0.420. The molecule has 0 N–H and O–H groups in total. The van der Waals surface area contributed by atoms with Crippen LogP contribution >= 0.6 is 0 Å². The van der Waals surface area contributed by atoms with Crippen molar-refractivity contribution in [1.82, 2.24) is 4.90 Å². The van der Waals surface area contributed by atoms with Crippen LogP contribution in [0.3, 0.4) is 0 Å². The number of fused-ring (bicyclic) bond motifs is 1. The van der Waals surface area contributed by atoms with Crippen LogP contribution in [0.15, 0.2) is 90.3 Å². The first-order valence-corrected chi connectivity index (χ1v) is 11.8. The third kappa shape index (κ3) is 5.56. The third-order valence-corrected chi connectivity index (χ3v) is 6.23. The van der Waals surface area contributed by atoms with Crippen molar-refractivity contribution in [2.45, 2.75) is 19.8 Å². The number of likely N-dealkylation sites (N-methyl/N-ethyl adjacent to an activating group) is 1. The van der Waals surface area contributed by atoms with Crippen LogP contribution in [0.25, 0.3) is 11.1 Å². The van der Waals surface area contributed by atoms with E-state index < -0.39 is 0 Å². The molecule has 0 radical (unpaired) electrons. The smallest absolute Gasteiger partial charge is 0.162 e. The number of Topliss-reactive ketones (excluding diaryl/α,β-unsaturated/α-hetero) is 1. The van der Waals surface area contributed by atoms with Gasteiger partial charge in [-0.15, -0.1) is 5.73 Å². The number of benzene rings is 3. The lowest BCUT2D eigenvalue weighted by atomic mass is 9.89. The molecule has 1 aliphatic rings. The van der Waals surface area contributed by atoms with Crippen LogP contribution in [-0.2, 0) is 17.6 Å². The average Bonchev–Trinajstić information content (AvgIpc) is 2.89. The first kappa shape index (κ1) is 24.1. The topological polar surface area (TPSA) is 38.8 Å². The van der Waals surface area contributed by atoms with Gasteiger partial charge in [-0.1, -0.05) is 60.7 Å². The Morgan fingerprint density at radius 2 is 1.57 bits per heavy atom. The summed E-state index contributed by atoms with van der Waals surface area (Å²) in [5.74, 6) is 1.39. The lowest BCUT2D eigenvalue weighted by Gasteiger charge is -2.22. The lowest BCUT2D eigenvalue weighted by molar-refractivity contribution is -0.113. The molecule has 178 valence electrons. The van der Waals surface area contributed by atoms with Gasteiger partial charge in [-0.25, -0.2) is 0 Å². The predicted octanol–water partition coefficient (Wildman–Crippen LogP) is 5.97. The Morgan fingerprint density at radius 1 is 0.943 bits per heavy atom. The number of methoxy groups -OCH3 is 2. The van der Waals surface area contributed by atoms with E-state index in [9.17, 15) is 4.79 Å². The molecule has 0 bridgehead atoms. The molecule has 0 spiro atoms. The Morgan fingerprint density at radius 3 is 2.20 bits per heavy atom. The van der Waals surface area contributed by atoms with Crippen LogP contribution in [0.5, 0.6) is 11.5 Å². The van der Waals surface area contributed by atoms with Gasteiger partial charge in [-0.2, -0.15) is 0 Å². The highest BCUT2D eigenvalue weighted by molar-refractivity contribution is 6.09. The van der Waals surface area contributed by atoms with Crippen LogP contribution in [0.2, 0.25) is 0 Å². The molecule has 0 aromatic heterocycles. The molecule has 1 heterocycles. The number of ketones is 1. The second-order valence-electron chi connectivity index (χ2n) is 8.70. The average molecular weight is 466 g/mol. The van der Waals surface area contributed by atoms with Gasteiger partial charge >= 0.3 is 0 Å². The fourth-order valence-corrected chi connectivity index (χ4v) is 4.38. The van der Waals surface area contributed by atoms with Gasteiger partial charge in [0, 0.05) is 42.9 Å². The Hall–Kier alpha value is -4.01. The van der Waals surface area contributed by atoms with Crippen molar-refractivity contribution < 1.29 is 14.3 Å². The zero-order valence-electron chi connectivity index (χ0n) is 20.8. The Kier molecular flexibility index (Phi) is 7.54. The monoisotopic (exact) mass is 465 g/mol. The van der Waals surface area contributed by atoms with E-state index in [0.29, 0.717) is 23.5 Å². The molecule has 0 amide bonds. The molecule has 0 unspecified atom stereocenters. The van der Waals surface area contributed by atoms with Crippen LogP contribution < -0.4 is 9.47 Å². The van der Waals surface area contributed by atoms with Gasteiger partial charge in [0.1, 0.15) is 0 Å². The van der Waals surface area contributed by atoms with E-state index in [1.807, 2.05) is 67.8 Å². The van der Waals surface area contributed by atoms with Crippen molar-refractivity contribution in [2.24, 2.45) is 0 Å². The summed E-state index contributed by atoms with van der Waals surface area (Å²) in [6.45, 7) is 2.37. The number of nitrogens with zero attached hydrogens (tertiary/aromatic N) is 1. The van der Waals surface area contributed by atoms with Gasteiger partial charge in [-0.05, 0) is 47.7 Å². The van der Waals surface area contributed by atoms with E-state index in [1.165, 1.54) is 5.56 Å². The number of hydrogen-bond donors (Lipinski definition) is 0. The number of rotatable bonds is 6. The van der Waals surface area contributed by atoms with Gasteiger partial charge in [0.2, 0.25) is 0 Å². The molecule has 3 aromatic rings. The zero-order chi connectivity index (χ0) is 24.8. The van der Waals surface area contributed by atoms with Crippen LogP contribution in [0.1, 0.15) is 29.2 Å². The molecule has 4 heteroatoms. The normalized spacial score (nSPS) is 15.2. The second kappa shape index (κ2) is 10.9. The van der Waals surface area contributed by atoms with Crippen LogP contribution in [0.4, 0.5) is 0 Å². The zero-order valence-corrected chi connectivity index (χ0v) is 20.8. The summed E-state index contributed by atoms with van der Waals surface area (Å²) >= 11 is 0. The summed E-state index contributed by atoms with van der Waals surface area (Å²) in [4.78, 5) is 15.0. The molecule has 0 saturated heterocycles. The van der Waals surface area contributed by atoms with Gasteiger partial charge in [0.15, 0.2) is 17.3 Å². The first-order valence-electron chi connectivity index (χ1n) is 11.8. The molecular formula is C31H31NO3. The standard InChI is InChI=1S/C31H31NO3/c1-22(33)29-21-32(2)16-15-25-19-30(34-3)31(35-4)20-27(25)26(17-23-11-7-5-8-12-23)18-28(29)24-13-9-6-10-14-24/h5-14,19-21H,15-17H2,1-4H3/b29-21-. The summed E-state index contributed by atoms with van der Waals surface area (Å²) in [6, 6.07) is 24.5. The number of carbonyl (C=O) groups excluding carboxylic acids is 1. The van der Waals surface area contributed by atoms with Crippen molar-refractivity contribution in [3.63, 3.8) is 0 Å². The van der Waals surface area contributed by atoms with Crippen molar-refractivity contribution in [3.05, 3.63) is 113 Å². The van der Waals surface area contributed by atoms with E-state index in [-0.39, 0.29) is 5.78 Å². The maximum atomic E-state index is 12.9. The highest BCUT2D eigenvalue weighted by Gasteiger charge is 2.20. The van der Waals surface area contributed by atoms with Crippen LogP contribution in [-0.4, -0.2) is 38.5 Å².